The lowest BCUT2D eigenvalue weighted by atomic mass is 10.1. The summed E-state index contributed by atoms with van der Waals surface area (Å²) in [4.78, 5) is 12.5. The molecule has 2 atom stereocenters. The number of hydrogen-bond donors (Lipinski definition) is 2. The zero-order valence-electron chi connectivity index (χ0n) is 12.8. The number of amides is 1. The van der Waals surface area contributed by atoms with Crippen LogP contribution in [0.3, 0.4) is 0 Å². The average molecular weight is 274 g/mol. The van der Waals surface area contributed by atoms with Gasteiger partial charge in [-0.2, -0.15) is 0 Å². The number of carbonyl (C=O) groups is 1. The van der Waals surface area contributed by atoms with E-state index in [-0.39, 0.29) is 5.91 Å². The predicted molar refractivity (Wildman–Crippen MR) is 84.2 cm³/mol. The maximum Gasteiger partial charge on any atom is 0.253 e. The van der Waals surface area contributed by atoms with Crippen molar-refractivity contribution in [3.63, 3.8) is 0 Å². The third kappa shape index (κ3) is 3.75. The molecule has 1 aromatic carbocycles. The molecule has 0 aromatic heterocycles. The van der Waals surface area contributed by atoms with Gasteiger partial charge in [0.05, 0.1) is 5.56 Å². The van der Waals surface area contributed by atoms with Gasteiger partial charge in [-0.3, -0.25) is 4.79 Å². The molecule has 0 bridgehead atoms. The zero-order chi connectivity index (χ0) is 14.5. The molecule has 1 saturated carbocycles. The van der Waals surface area contributed by atoms with Gasteiger partial charge >= 0.3 is 0 Å². The number of benzene rings is 1. The van der Waals surface area contributed by atoms with Crippen LogP contribution in [-0.2, 0) is 0 Å². The van der Waals surface area contributed by atoms with Crippen molar-refractivity contribution >= 4 is 11.6 Å². The van der Waals surface area contributed by atoms with Crippen molar-refractivity contribution in [3.8, 4) is 0 Å². The minimum Gasteiger partial charge on any atom is -0.384 e. The normalized spacial score (nSPS) is 21.8. The van der Waals surface area contributed by atoms with Crippen LogP contribution in [0.2, 0.25) is 0 Å². The lowest BCUT2D eigenvalue weighted by molar-refractivity contribution is 0.0938. The standard InChI is InChI=1S/C17H26N2O/c1-4-9-18-16-11-13(3)6-8-15(16)17(20)19-14-7-5-12(2)10-14/h6,8,11-12,14,18H,4-5,7,9-10H2,1-3H3,(H,19,20). The second-order valence-corrected chi connectivity index (χ2v) is 6.06. The van der Waals surface area contributed by atoms with Crippen LogP contribution >= 0.6 is 0 Å². The van der Waals surface area contributed by atoms with Gasteiger partial charge in [-0.15, -0.1) is 0 Å². The molecule has 2 N–H and O–H groups in total. The third-order valence-electron chi connectivity index (χ3n) is 4.02. The molecule has 3 heteroatoms. The first kappa shape index (κ1) is 14.9. The highest BCUT2D eigenvalue weighted by Crippen LogP contribution is 2.25. The Kier molecular flexibility index (Phi) is 5.05. The molecule has 0 saturated heterocycles. The Labute approximate surface area is 122 Å². The van der Waals surface area contributed by atoms with Crippen molar-refractivity contribution in [2.75, 3.05) is 11.9 Å². The number of carbonyl (C=O) groups excluding carboxylic acids is 1. The zero-order valence-corrected chi connectivity index (χ0v) is 12.8. The van der Waals surface area contributed by atoms with E-state index in [1.807, 2.05) is 12.1 Å². The molecule has 2 unspecified atom stereocenters. The van der Waals surface area contributed by atoms with E-state index in [2.05, 4.69) is 37.5 Å². The maximum atomic E-state index is 12.5. The van der Waals surface area contributed by atoms with Gasteiger partial charge in [-0.25, -0.2) is 0 Å². The van der Waals surface area contributed by atoms with Gasteiger partial charge in [0.15, 0.2) is 0 Å². The quantitative estimate of drug-likeness (QED) is 0.859. The Balaban J connectivity index is 2.08. The Bertz CT molecular complexity index is 470. The Morgan fingerprint density at radius 2 is 2.15 bits per heavy atom. The van der Waals surface area contributed by atoms with Crippen LogP contribution in [0.15, 0.2) is 18.2 Å². The SMILES string of the molecule is CCCNc1cc(C)ccc1C(=O)NC1CCC(C)C1. The van der Waals surface area contributed by atoms with E-state index >= 15 is 0 Å². The molecular formula is C17H26N2O. The van der Waals surface area contributed by atoms with E-state index in [0.717, 1.165) is 43.0 Å². The Hall–Kier alpha value is -1.51. The maximum absolute atomic E-state index is 12.5. The molecule has 0 heterocycles. The molecule has 20 heavy (non-hydrogen) atoms. The molecule has 0 aliphatic heterocycles. The second-order valence-electron chi connectivity index (χ2n) is 6.06. The van der Waals surface area contributed by atoms with Crippen molar-refractivity contribution in [3.05, 3.63) is 29.3 Å². The lowest BCUT2D eigenvalue weighted by Crippen LogP contribution is -2.33. The molecule has 1 aromatic rings. The predicted octanol–water partition coefficient (Wildman–Crippen LogP) is 3.74. The monoisotopic (exact) mass is 274 g/mol. The fourth-order valence-electron chi connectivity index (χ4n) is 2.86. The van der Waals surface area contributed by atoms with E-state index in [0.29, 0.717) is 6.04 Å². The molecule has 1 amide bonds. The number of anilines is 1. The first-order valence-corrected chi connectivity index (χ1v) is 7.75. The van der Waals surface area contributed by atoms with Gasteiger partial charge in [0.1, 0.15) is 0 Å². The van der Waals surface area contributed by atoms with E-state index in [4.69, 9.17) is 0 Å². The van der Waals surface area contributed by atoms with Crippen molar-refractivity contribution in [2.24, 2.45) is 5.92 Å². The van der Waals surface area contributed by atoms with Gasteiger partial charge in [-0.1, -0.05) is 19.9 Å². The fourth-order valence-corrected chi connectivity index (χ4v) is 2.86. The highest BCUT2D eigenvalue weighted by atomic mass is 16.1. The summed E-state index contributed by atoms with van der Waals surface area (Å²) in [5.41, 5.74) is 2.90. The average Bonchev–Trinajstić information content (AvgIpc) is 2.81. The van der Waals surface area contributed by atoms with Crippen molar-refractivity contribution < 1.29 is 4.79 Å². The van der Waals surface area contributed by atoms with Crippen LogP contribution in [0.1, 0.15) is 55.5 Å². The summed E-state index contributed by atoms with van der Waals surface area (Å²) in [5.74, 6) is 0.790. The molecule has 1 aliphatic carbocycles. The molecule has 1 fully saturated rings. The van der Waals surface area contributed by atoms with Crippen LogP contribution in [0.4, 0.5) is 5.69 Å². The Morgan fingerprint density at radius 3 is 2.80 bits per heavy atom. The van der Waals surface area contributed by atoms with Crippen molar-refractivity contribution in [1.29, 1.82) is 0 Å². The molecule has 110 valence electrons. The first-order valence-electron chi connectivity index (χ1n) is 7.75. The van der Waals surface area contributed by atoms with E-state index in [1.54, 1.807) is 0 Å². The molecule has 0 radical (unpaired) electrons. The van der Waals surface area contributed by atoms with Gasteiger partial charge in [0.2, 0.25) is 0 Å². The highest BCUT2D eigenvalue weighted by molar-refractivity contribution is 5.99. The summed E-state index contributed by atoms with van der Waals surface area (Å²) in [7, 11) is 0. The van der Waals surface area contributed by atoms with Gasteiger partial charge in [-0.05, 0) is 56.2 Å². The second kappa shape index (κ2) is 6.78. The first-order chi connectivity index (χ1) is 9.60. The number of rotatable bonds is 5. The summed E-state index contributed by atoms with van der Waals surface area (Å²) in [6.07, 6.45) is 4.49. The van der Waals surface area contributed by atoms with E-state index in [1.165, 1.54) is 12.0 Å². The molecule has 1 aliphatic rings. The largest absolute Gasteiger partial charge is 0.384 e. The van der Waals surface area contributed by atoms with Gasteiger partial charge in [0, 0.05) is 18.3 Å². The number of hydrogen-bond acceptors (Lipinski definition) is 2. The summed E-state index contributed by atoms with van der Waals surface area (Å²) < 4.78 is 0. The summed E-state index contributed by atoms with van der Waals surface area (Å²) in [6, 6.07) is 6.34. The van der Waals surface area contributed by atoms with Crippen LogP contribution in [0, 0.1) is 12.8 Å². The van der Waals surface area contributed by atoms with Gasteiger partial charge < -0.3 is 10.6 Å². The van der Waals surface area contributed by atoms with E-state index in [9.17, 15) is 4.79 Å². The Morgan fingerprint density at radius 1 is 1.35 bits per heavy atom. The minimum absolute atomic E-state index is 0.0581. The highest BCUT2D eigenvalue weighted by Gasteiger charge is 2.23. The molecule has 0 spiro atoms. The molecule has 2 rings (SSSR count). The van der Waals surface area contributed by atoms with Crippen LogP contribution in [-0.4, -0.2) is 18.5 Å². The van der Waals surface area contributed by atoms with Gasteiger partial charge in [0.25, 0.3) is 5.91 Å². The summed E-state index contributed by atoms with van der Waals surface area (Å²) in [6.45, 7) is 7.33. The molecular weight excluding hydrogens is 248 g/mol. The fraction of sp³-hybridized carbons (Fsp3) is 0.588. The summed E-state index contributed by atoms with van der Waals surface area (Å²) in [5, 5.41) is 6.54. The van der Waals surface area contributed by atoms with Crippen molar-refractivity contribution in [1.82, 2.24) is 5.32 Å². The number of nitrogens with one attached hydrogen (secondary N) is 2. The van der Waals surface area contributed by atoms with Crippen LogP contribution in [0.5, 0.6) is 0 Å². The van der Waals surface area contributed by atoms with Crippen molar-refractivity contribution in [2.45, 2.75) is 52.5 Å². The smallest absolute Gasteiger partial charge is 0.253 e. The minimum atomic E-state index is 0.0581. The topological polar surface area (TPSA) is 41.1 Å². The third-order valence-corrected chi connectivity index (χ3v) is 4.02. The van der Waals surface area contributed by atoms with E-state index < -0.39 is 0 Å². The lowest BCUT2D eigenvalue weighted by Gasteiger charge is -2.16. The van der Waals surface area contributed by atoms with Crippen LogP contribution < -0.4 is 10.6 Å². The number of aryl methyl sites for hydroxylation is 1. The summed E-state index contributed by atoms with van der Waals surface area (Å²) >= 11 is 0. The van der Waals surface area contributed by atoms with Crippen LogP contribution in [0.25, 0.3) is 0 Å². The molecule has 3 nitrogen and oxygen atoms in total.